The minimum Gasteiger partial charge on any atom is -0.496 e. The lowest BCUT2D eigenvalue weighted by atomic mass is 10.1. The van der Waals surface area contributed by atoms with Crippen molar-refractivity contribution >= 4 is 5.84 Å². The molecule has 0 heterocycles. The van der Waals surface area contributed by atoms with E-state index in [9.17, 15) is 5.11 Å². The summed E-state index contributed by atoms with van der Waals surface area (Å²) in [4.78, 5) is 0. The smallest absolute Gasteiger partial charge is 0.170 e. The van der Waals surface area contributed by atoms with Gasteiger partial charge in [0.05, 0.1) is 13.2 Å². The van der Waals surface area contributed by atoms with Crippen molar-refractivity contribution in [2.45, 2.75) is 39.0 Å². The Hall–Kier alpha value is -1.79. The summed E-state index contributed by atoms with van der Waals surface area (Å²) < 4.78 is 5.29. The van der Waals surface area contributed by atoms with Crippen molar-refractivity contribution in [2.24, 2.45) is 10.9 Å². The average Bonchev–Trinajstić information content (AvgIpc) is 2.43. The van der Waals surface area contributed by atoms with E-state index in [2.05, 4.69) is 10.5 Å². The number of ether oxygens (including phenoxy) is 1. The molecule has 1 aromatic rings. The Balaban J connectivity index is 2.81. The van der Waals surface area contributed by atoms with Gasteiger partial charge in [0.1, 0.15) is 5.75 Å². The van der Waals surface area contributed by atoms with Gasteiger partial charge in [-0.3, -0.25) is 0 Å². The maximum absolute atomic E-state index is 9.34. The first-order chi connectivity index (χ1) is 9.47. The number of nitrogens with two attached hydrogens (primary N) is 1. The van der Waals surface area contributed by atoms with Gasteiger partial charge in [-0.1, -0.05) is 5.16 Å². The molecular weight excluding hydrogens is 258 g/mol. The third-order valence-corrected chi connectivity index (χ3v) is 3.02. The summed E-state index contributed by atoms with van der Waals surface area (Å²) in [5.74, 6) is 0.794. The summed E-state index contributed by atoms with van der Waals surface area (Å²) in [5, 5.41) is 24.4. The monoisotopic (exact) mass is 281 g/mol. The van der Waals surface area contributed by atoms with Crippen LogP contribution in [0.2, 0.25) is 0 Å². The summed E-state index contributed by atoms with van der Waals surface area (Å²) in [6.45, 7) is 4.34. The lowest BCUT2D eigenvalue weighted by Crippen LogP contribution is -2.29. The van der Waals surface area contributed by atoms with Crippen molar-refractivity contribution in [1.82, 2.24) is 5.32 Å². The minimum absolute atomic E-state index is 0.0610. The SMILES string of the molecule is COc1ccc(/C(N)=N/O)cc1CNC(C)CC(C)O. The molecule has 2 atom stereocenters. The number of aliphatic hydroxyl groups excluding tert-OH is 1. The van der Waals surface area contributed by atoms with E-state index in [1.165, 1.54) is 0 Å². The van der Waals surface area contributed by atoms with Crippen LogP contribution in [0.1, 0.15) is 31.4 Å². The molecule has 1 aromatic carbocycles. The normalized spacial score (nSPS) is 14.9. The van der Waals surface area contributed by atoms with Crippen molar-refractivity contribution in [2.75, 3.05) is 7.11 Å². The van der Waals surface area contributed by atoms with E-state index in [0.717, 1.165) is 11.3 Å². The Morgan fingerprint density at radius 2 is 2.15 bits per heavy atom. The number of hydrogen-bond acceptors (Lipinski definition) is 5. The number of oxime groups is 1. The zero-order valence-electron chi connectivity index (χ0n) is 12.1. The van der Waals surface area contributed by atoms with Gasteiger partial charge in [0.25, 0.3) is 0 Å². The van der Waals surface area contributed by atoms with Gasteiger partial charge < -0.3 is 26.1 Å². The molecule has 0 saturated carbocycles. The quantitative estimate of drug-likeness (QED) is 0.259. The van der Waals surface area contributed by atoms with E-state index >= 15 is 0 Å². The summed E-state index contributed by atoms with van der Waals surface area (Å²) in [7, 11) is 1.60. The fourth-order valence-electron chi connectivity index (χ4n) is 2.01. The van der Waals surface area contributed by atoms with Crippen molar-refractivity contribution in [3.05, 3.63) is 29.3 Å². The Labute approximate surface area is 119 Å². The number of nitrogens with one attached hydrogen (secondary N) is 1. The number of methoxy groups -OCH3 is 1. The van der Waals surface area contributed by atoms with Crippen LogP contribution in [0.4, 0.5) is 0 Å². The molecule has 6 nitrogen and oxygen atoms in total. The average molecular weight is 281 g/mol. The van der Waals surface area contributed by atoms with Crippen LogP contribution in [-0.4, -0.2) is 35.4 Å². The predicted molar refractivity (Wildman–Crippen MR) is 78.1 cm³/mol. The van der Waals surface area contributed by atoms with Crippen LogP contribution in [0.15, 0.2) is 23.4 Å². The Morgan fingerprint density at radius 3 is 2.70 bits per heavy atom. The molecule has 20 heavy (non-hydrogen) atoms. The summed E-state index contributed by atoms with van der Waals surface area (Å²) in [6.07, 6.45) is 0.324. The van der Waals surface area contributed by atoms with Crippen molar-refractivity contribution in [3.8, 4) is 5.75 Å². The summed E-state index contributed by atoms with van der Waals surface area (Å²) >= 11 is 0. The predicted octanol–water partition coefficient (Wildman–Crippen LogP) is 1.04. The van der Waals surface area contributed by atoms with E-state index in [-0.39, 0.29) is 18.0 Å². The van der Waals surface area contributed by atoms with Crippen molar-refractivity contribution in [1.29, 1.82) is 0 Å². The number of amidine groups is 1. The third kappa shape index (κ3) is 4.71. The first kappa shape index (κ1) is 16.3. The molecule has 6 heteroatoms. The highest BCUT2D eigenvalue weighted by atomic mass is 16.5. The van der Waals surface area contributed by atoms with Crippen molar-refractivity contribution < 1.29 is 15.1 Å². The van der Waals surface area contributed by atoms with Gasteiger partial charge in [-0.25, -0.2) is 0 Å². The largest absolute Gasteiger partial charge is 0.496 e. The zero-order chi connectivity index (χ0) is 15.1. The highest BCUT2D eigenvalue weighted by Crippen LogP contribution is 2.20. The number of rotatable bonds is 7. The molecule has 0 aromatic heterocycles. The molecule has 2 unspecified atom stereocenters. The third-order valence-electron chi connectivity index (χ3n) is 3.02. The van der Waals surface area contributed by atoms with Gasteiger partial charge in [0.2, 0.25) is 0 Å². The maximum atomic E-state index is 9.34. The van der Waals surface area contributed by atoms with Crippen molar-refractivity contribution in [3.63, 3.8) is 0 Å². The van der Waals surface area contributed by atoms with E-state index in [1.807, 2.05) is 13.0 Å². The second-order valence-electron chi connectivity index (χ2n) is 4.88. The van der Waals surface area contributed by atoms with Crippen LogP contribution in [0.25, 0.3) is 0 Å². The van der Waals surface area contributed by atoms with Gasteiger partial charge in [-0.15, -0.1) is 0 Å². The van der Waals surface area contributed by atoms with Gasteiger partial charge in [0.15, 0.2) is 5.84 Å². The lowest BCUT2D eigenvalue weighted by Gasteiger charge is -2.17. The fraction of sp³-hybridized carbons (Fsp3) is 0.500. The number of benzene rings is 1. The Bertz CT molecular complexity index is 461. The van der Waals surface area contributed by atoms with Gasteiger partial charge in [0, 0.05) is 23.7 Å². The zero-order valence-corrected chi connectivity index (χ0v) is 12.1. The van der Waals surface area contributed by atoms with Crippen LogP contribution < -0.4 is 15.8 Å². The molecule has 0 amide bonds. The standard InChI is InChI=1S/C14H23N3O3/c1-9(6-10(2)18)16-8-12-7-11(14(15)17-19)4-5-13(12)20-3/h4-5,7,9-10,16,18-19H,6,8H2,1-3H3,(H2,15,17). The lowest BCUT2D eigenvalue weighted by molar-refractivity contribution is 0.170. The molecule has 1 rings (SSSR count). The first-order valence-corrected chi connectivity index (χ1v) is 6.54. The van der Waals surface area contributed by atoms with E-state index in [4.69, 9.17) is 15.7 Å². The molecule has 0 aliphatic carbocycles. The first-order valence-electron chi connectivity index (χ1n) is 6.54. The van der Waals surface area contributed by atoms with Crippen LogP contribution in [0.3, 0.4) is 0 Å². The highest BCUT2D eigenvalue weighted by Gasteiger charge is 2.10. The topological polar surface area (TPSA) is 100 Å². The second kappa shape index (κ2) is 7.72. The van der Waals surface area contributed by atoms with Crippen LogP contribution in [0.5, 0.6) is 5.75 Å². The molecule has 0 radical (unpaired) electrons. The molecule has 112 valence electrons. The molecule has 0 spiro atoms. The maximum Gasteiger partial charge on any atom is 0.170 e. The molecule has 0 aliphatic heterocycles. The van der Waals surface area contributed by atoms with E-state index < -0.39 is 0 Å². The summed E-state index contributed by atoms with van der Waals surface area (Å²) in [6, 6.07) is 5.50. The number of aliphatic hydroxyl groups is 1. The molecule has 0 bridgehead atoms. The number of nitrogens with zero attached hydrogens (tertiary/aromatic N) is 1. The second-order valence-corrected chi connectivity index (χ2v) is 4.88. The number of hydrogen-bond donors (Lipinski definition) is 4. The molecule has 0 aliphatic rings. The van der Waals surface area contributed by atoms with Gasteiger partial charge >= 0.3 is 0 Å². The highest BCUT2D eigenvalue weighted by molar-refractivity contribution is 5.97. The van der Waals surface area contributed by atoms with Gasteiger partial charge in [-0.05, 0) is 38.5 Å². The Kier molecular flexibility index (Phi) is 6.27. The Morgan fingerprint density at radius 1 is 1.45 bits per heavy atom. The van der Waals surface area contributed by atoms with E-state index in [1.54, 1.807) is 26.2 Å². The molecule has 0 fully saturated rings. The van der Waals surface area contributed by atoms with Crippen LogP contribution in [0, 0.1) is 0 Å². The fourth-order valence-corrected chi connectivity index (χ4v) is 2.01. The van der Waals surface area contributed by atoms with Gasteiger partial charge in [-0.2, -0.15) is 0 Å². The summed E-state index contributed by atoms with van der Waals surface area (Å²) in [5.41, 5.74) is 7.13. The van der Waals surface area contributed by atoms with E-state index in [0.29, 0.717) is 18.5 Å². The molecular formula is C14H23N3O3. The molecule has 0 saturated heterocycles. The molecule has 5 N–H and O–H groups in total. The van der Waals surface area contributed by atoms with Crippen LogP contribution >= 0.6 is 0 Å². The minimum atomic E-state index is -0.345. The van der Waals surface area contributed by atoms with Crippen LogP contribution in [-0.2, 0) is 6.54 Å².